The van der Waals surface area contributed by atoms with Gasteiger partial charge in [0.05, 0.1) is 6.61 Å². The lowest BCUT2D eigenvalue weighted by Gasteiger charge is -2.29. The fourth-order valence-corrected chi connectivity index (χ4v) is 4.65. The Hall–Kier alpha value is 0.190. The molecule has 1 rings (SSSR count). The van der Waals surface area contributed by atoms with Crippen LogP contribution in [0.5, 0.6) is 0 Å². The minimum absolute atomic E-state index is 0.367. The van der Waals surface area contributed by atoms with E-state index in [1.54, 1.807) is 0 Å². The van der Waals surface area contributed by atoms with Crippen LogP contribution in [0.3, 0.4) is 0 Å². The lowest BCUT2D eigenvalue weighted by molar-refractivity contribution is 0.315. The first-order valence-electron chi connectivity index (χ1n) is 5.46. The summed E-state index contributed by atoms with van der Waals surface area (Å²) in [6, 6.07) is 0. The van der Waals surface area contributed by atoms with Crippen molar-refractivity contribution in [2.75, 3.05) is 12.8 Å². The van der Waals surface area contributed by atoms with Crippen molar-refractivity contribution in [3.63, 3.8) is 0 Å². The van der Waals surface area contributed by atoms with E-state index in [9.17, 15) is 4.57 Å². The van der Waals surface area contributed by atoms with Crippen LogP contribution in [0, 0.1) is 0 Å². The highest BCUT2D eigenvalue weighted by Crippen LogP contribution is 2.55. The largest absolute Gasteiger partial charge is 0.329 e. The van der Waals surface area contributed by atoms with Gasteiger partial charge in [-0.15, -0.1) is 0 Å². The van der Waals surface area contributed by atoms with Gasteiger partial charge in [0.15, 0.2) is 0 Å². The van der Waals surface area contributed by atoms with Crippen LogP contribution < -0.4 is 0 Å². The van der Waals surface area contributed by atoms with Crippen molar-refractivity contribution in [2.24, 2.45) is 0 Å². The Labute approximate surface area is 81.5 Å². The maximum Gasteiger partial charge on any atom is 0.205 e. The quantitative estimate of drug-likeness (QED) is 0.653. The summed E-state index contributed by atoms with van der Waals surface area (Å²) in [5.41, 5.74) is 0.367. The highest BCUT2D eigenvalue weighted by atomic mass is 31.2. The van der Waals surface area contributed by atoms with Gasteiger partial charge < -0.3 is 4.52 Å². The van der Waals surface area contributed by atoms with E-state index in [-0.39, 0.29) is 0 Å². The summed E-state index contributed by atoms with van der Waals surface area (Å²) in [6.07, 6.45) is 6.73. The molecule has 78 valence electrons. The summed E-state index contributed by atoms with van der Waals surface area (Å²) >= 11 is 0. The molecule has 0 radical (unpaired) electrons. The Bertz CT molecular complexity index is 185. The molecule has 1 unspecified atom stereocenters. The van der Waals surface area contributed by atoms with Crippen LogP contribution in [0.15, 0.2) is 0 Å². The van der Waals surface area contributed by atoms with Crippen molar-refractivity contribution < 1.29 is 9.09 Å². The minimum atomic E-state index is -2.28. The molecule has 0 aromatic rings. The third kappa shape index (κ3) is 2.82. The molecule has 1 saturated carbocycles. The van der Waals surface area contributed by atoms with Crippen LogP contribution in [0.25, 0.3) is 0 Å². The SMILES string of the molecule is CCOP(=O)(CC)C1CCCCC1. The van der Waals surface area contributed by atoms with E-state index in [0.717, 1.165) is 12.8 Å². The molecule has 0 saturated heterocycles. The average Bonchev–Trinajstić information content (AvgIpc) is 2.19. The van der Waals surface area contributed by atoms with Gasteiger partial charge in [0.25, 0.3) is 0 Å². The third-order valence-corrected chi connectivity index (χ3v) is 6.13. The molecule has 0 aromatic carbocycles. The van der Waals surface area contributed by atoms with Crippen molar-refractivity contribution in [1.82, 2.24) is 0 Å². The van der Waals surface area contributed by atoms with Crippen LogP contribution >= 0.6 is 7.37 Å². The monoisotopic (exact) mass is 204 g/mol. The Morgan fingerprint density at radius 1 is 1.23 bits per heavy atom. The summed E-state index contributed by atoms with van der Waals surface area (Å²) in [7, 11) is -2.28. The van der Waals surface area contributed by atoms with Gasteiger partial charge in [-0.25, -0.2) is 0 Å². The van der Waals surface area contributed by atoms with Gasteiger partial charge in [0.1, 0.15) is 0 Å². The molecule has 3 heteroatoms. The molecule has 0 N–H and O–H groups in total. The zero-order chi connectivity index (χ0) is 9.73. The van der Waals surface area contributed by atoms with Crippen molar-refractivity contribution in [2.45, 2.75) is 51.6 Å². The number of hydrogen-bond acceptors (Lipinski definition) is 2. The molecule has 0 heterocycles. The van der Waals surface area contributed by atoms with Gasteiger partial charge in [-0.3, -0.25) is 4.57 Å². The summed E-state index contributed by atoms with van der Waals surface area (Å²) in [5, 5.41) is 0. The van der Waals surface area contributed by atoms with E-state index in [4.69, 9.17) is 4.52 Å². The lowest BCUT2D eigenvalue weighted by atomic mass is 10.0. The molecular formula is C10H21O2P. The normalized spacial score (nSPS) is 24.2. The Balaban J connectivity index is 2.57. The summed E-state index contributed by atoms with van der Waals surface area (Å²) in [4.78, 5) is 0. The molecule has 1 atom stereocenters. The Kier molecular flexibility index (Phi) is 4.48. The standard InChI is InChI=1S/C10H21O2P/c1-3-12-13(11,4-2)10-8-6-5-7-9-10/h10H,3-9H2,1-2H3. The zero-order valence-corrected chi connectivity index (χ0v) is 9.69. The van der Waals surface area contributed by atoms with Gasteiger partial charge in [-0.05, 0) is 19.8 Å². The molecule has 1 aliphatic carbocycles. The molecule has 0 amide bonds. The molecular weight excluding hydrogens is 183 g/mol. The zero-order valence-electron chi connectivity index (χ0n) is 8.79. The molecule has 0 aromatic heterocycles. The van der Waals surface area contributed by atoms with Gasteiger partial charge in [-0.1, -0.05) is 26.2 Å². The predicted molar refractivity (Wildman–Crippen MR) is 56.6 cm³/mol. The van der Waals surface area contributed by atoms with Crippen LogP contribution in [-0.4, -0.2) is 18.4 Å². The smallest absolute Gasteiger partial charge is 0.205 e. The Morgan fingerprint density at radius 3 is 2.31 bits per heavy atom. The average molecular weight is 204 g/mol. The van der Waals surface area contributed by atoms with Gasteiger partial charge >= 0.3 is 0 Å². The van der Waals surface area contributed by atoms with E-state index in [0.29, 0.717) is 18.4 Å². The maximum atomic E-state index is 12.3. The van der Waals surface area contributed by atoms with Crippen LogP contribution in [0.2, 0.25) is 0 Å². The van der Waals surface area contributed by atoms with Crippen LogP contribution in [0.4, 0.5) is 0 Å². The second kappa shape index (κ2) is 5.17. The fraction of sp³-hybridized carbons (Fsp3) is 1.00. The minimum Gasteiger partial charge on any atom is -0.329 e. The lowest BCUT2D eigenvalue weighted by Crippen LogP contribution is -2.16. The van der Waals surface area contributed by atoms with Crippen LogP contribution in [0.1, 0.15) is 46.0 Å². The summed E-state index contributed by atoms with van der Waals surface area (Å²) < 4.78 is 17.8. The predicted octanol–water partition coefficient (Wildman–Crippen LogP) is 3.65. The second-order valence-electron chi connectivity index (χ2n) is 3.75. The first-order valence-corrected chi connectivity index (χ1v) is 7.34. The first kappa shape index (κ1) is 11.3. The third-order valence-electron chi connectivity index (χ3n) is 2.92. The van der Waals surface area contributed by atoms with Crippen molar-refractivity contribution in [3.05, 3.63) is 0 Å². The second-order valence-corrected chi connectivity index (χ2v) is 6.83. The van der Waals surface area contributed by atoms with E-state index < -0.39 is 7.37 Å². The highest BCUT2D eigenvalue weighted by Gasteiger charge is 2.32. The molecule has 1 aliphatic rings. The Morgan fingerprint density at radius 2 is 1.85 bits per heavy atom. The van der Waals surface area contributed by atoms with Crippen molar-refractivity contribution in [3.8, 4) is 0 Å². The van der Waals surface area contributed by atoms with Gasteiger partial charge in [0.2, 0.25) is 7.37 Å². The topological polar surface area (TPSA) is 26.3 Å². The van der Waals surface area contributed by atoms with Crippen molar-refractivity contribution >= 4 is 7.37 Å². The highest BCUT2D eigenvalue weighted by molar-refractivity contribution is 7.59. The number of rotatable bonds is 4. The summed E-state index contributed by atoms with van der Waals surface area (Å²) in [5.74, 6) is 0. The molecule has 0 aliphatic heterocycles. The van der Waals surface area contributed by atoms with E-state index in [2.05, 4.69) is 0 Å². The van der Waals surface area contributed by atoms with E-state index >= 15 is 0 Å². The maximum absolute atomic E-state index is 12.3. The molecule has 0 spiro atoms. The van der Waals surface area contributed by atoms with Crippen LogP contribution in [-0.2, 0) is 9.09 Å². The number of hydrogen-bond donors (Lipinski definition) is 0. The molecule has 1 fully saturated rings. The van der Waals surface area contributed by atoms with Gasteiger partial charge in [-0.2, -0.15) is 0 Å². The molecule has 0 bridgehead atoms. The van der Waals surface area contributed by atoms with E-state index in [1.807, 2.05) is 13.8 Å². The fourth-order valence-electron chi connectivity index (χ4n) is 2.15. The molecule has 2 nitrogen and oxygen atoms in total. The van der Waals surface area contributed by atoms with Gasteiger partial charge in [0, 0.05) is 11.8 Å². The first-order chi connectivity index (χ1) is 6.23. The molecule has 13 heavy (non-hydrogen) atoms. The summed E-state index contributed by atoms with van der Waals surface area (Å²) in [6.45, 7) is 4.53. The van der Waals surface area contributed by atoms with Crippen molar-refractivity contribution in [1.29, 1.82) is 0 Å². The van der Waals surface area contributed by atoms with E-state index in [1.165, 1.54) is 19.3 Å².